The Morgan fingerprint density at radius 2 is 2.11 bits per heavy atom. The lowest BCUT2D eigenvalue weighted by atomic mass is 9.78. The summed E-state index contributed by atoms with van der Waals surface area (Å²) in [6.45, 7) is 3.81. The minimum atomic E-state index is -0.714. The molecule has 2 aromatic heterocycles. The van der Waals surface area contributed by atoms with E-state index in [4.69, 9.17) is 0 Å². The summed E-state index contributed by atoms with van der Waals surface area (Å²) in [7, 11) is 0. The molecule has 18 heavy (non-hydrogen) atoms. The Hall–Kier alpha value is -1.94. The third-order valence-corrected chi connectivity index (χ3v) is 3.20. The van der Waals surface area contributed by atoms with E-state index < -0.39 is 11.5 Å². The molecule has 2 aromatic rings. The summed E-state index contributed by atoms with van der Waals surface area (Å²) in [5.41, 5.74) is 0.969. The molecule has 94 valence electrons. The zero-order valence-electron chi connectivity index (χ0n) is 10.4. The van der Waals surface area contributed by atoms with Crippen molar-refractivity contribution in [1.82, 2.24) is 4.98 Å². The number of hydrogen-bond acceptors (Lipinski definition) is 3. The smallest absolute Gasteiger partial charge is 0.184 e. The molecule has 0 saturated carbocycles. The van der Waals surface area contributed by atoms with Gasteiger partial charge in [0.1, 0.15) is 0 Å². The predicted molar refractivity (Wildman–Crippen MR) is 67.6 cm³/mol. The lowest BCUT2D eigenvalue weighted by molar-refractivity contribution is -0.606. The third-order valence-electron chi connectivity index (χ3n) is 3.20. The fourth-order valence-electron chi connectivity index (χ4n) is 1.95. The van der Waals surface area contributed by atoms with Gasteiger partial charge in [0, 0.05) is 29.4 Å². The summed E-state index contributed by atoms with van der Waals surface area (Å²) in [6.07, 6.45) is 5.50. The second-order valence-electron chi connectivity index (χ2n) is 4.86. The van der Waals surface area contributed by atoms with Crippen molar-refractivity contribution >= 4 is 0 Å². The van der Waals surface area contributed by atoms with Crippen molar-refractivity contribution in [1.29, 1.82) is 0 Å². The summed E-state index contributed by atoms with van der Waals surface area (Å²) in [5.74, 6) is 0. The minimum absolute atomic E-state index is 0.559. The van der Waals surface area contributed by atoms with E-state index in [9.17, 15) is 10.3 Å². The highest BCUT2D eigenvalue weighted by molar-refractivity contribution is 5.26. The Morgan fingerprint density at radius 1 is 1.33 bits per heavy atom. The Kier molecular flexibility index (Phi) is 3.30. The number of aliphatic hydroxyl groups excluding tert-OH is 1. The third kappa shape index (κ3) is 2.33. The number of hydrogen-bond donors (Lipinski definition) is 1. The number of aromatic nitrogens is 2. The first kappa shape index (κ1) is 12.5. The average molecular weight is 244 g/mol. The van der Waals surface area contributed by atoms with Crippen LogP contribution in [0.5, 0.6) is 0 Å². The maximum Gasteiger partial charge on any atom is 0.184 e. The Morgan fingerprint density at radius 3 is 2.72 bits per heavy atom. The van der Waals surface area contributed by atoms with Crippen LogP contribution in [0.4, 0.5) is 0 Å². The van der Waals surface area contributed by atoms with Gasteiger partial charge in [-0.25, -0.2) is 0 Å². The minimum Gasteiger partial charge on any atom is -0.619 e. The van der Waals surface area contributed by atoms with Gasteiger partial charge in [0.25, 0.3) is 0 Å². The van der Waals surface area contributed by atoms with Crippen LogP contribution in [0.2, 0.25) is 0 Å². The van der Waals surface area contributed by atoms with Gasteiger partial charge in [0.05, 0.1) is 6.10 Å². The van der Waals surface area contributed by atoms with Crippen molar-refractivity contribution in [2.45, 2.75) is 25.4 Å². The highest BCUT2D eigenvalue weighted by Gasteiger charge is 2.32. The molecule has 2 rings (SSSR count). The lowest BCUT2D eigenvalue weighted by Gasteiger charge is -2.30. The van der Waals surface area contributed by atoms with Gasteiger partial charge in [-0.3, -0.25) is 4.98 Å². The Bertz CT molecular complexity index is 526. The second kappa shape index (κ2) is 4.74. The van der Waals surface area contributed by atoms with Gasteiger partial charge in [-0.15, -0.1) is 0 Å². The number of aliphatic hydroxyl groups is 1. The first-order valence-corrected chi connectivity index (χ1v) is 5.79. The lowest BCUT2D eigenvalue weighted by Crippen LogP contribution is -2.32. The van der Waals surface area contributed by atoms with Gasteiger partial charge in [-0.2, -0.15) is 4.73 Å². The molecular formula is C14H16N2O2. The monoisotopic (exact) mass is 244 g/mol. The van der Waals surface area contributed by atoms with Crippen molar-refractivity contribution in [2.75, 3.05) is 0 Å². The number of nitrogens with zero attached hydrogens (tertiary/aromatic N) is 2. The molecule has 1 unspecified atom stereocenters. The summed E-state index contributed by atoms with van der Waals surface area (Å²) in [5, 5.41) is 21.8. The quantitative estimate of drug-likeness (QED) is 0.660. The van der Waals surface area contributed by atoms with Crippen LogP contribution in [0, 0.1) is 5.21 Å². The number of rotatable bonds is 3. The first-order chi connectivity index (χ1) is 8.51. The van der Waals surface area contributed by atoms with E-state index >= 15 is 0 Å². The molecular weight excluding hydrogens is 228 g/mol. The van der Waals surface area contributed by atoms with Gasteiger partial charge in [-0.1, -0.05) is 19.9 Å². The topological polar surface area (TPSA) is 60.1 Å². The molecule has 4 heteroatoms. The van der Waals surface area contributed by atoms with Crippen molar-refractivity contribution in [3.05, 3.63) is 65.4 Å². The van der Waals surface area contributed by atoms with E-state index in [0.717, 1.165) is 15.9 Å². The fraction of sp³-hybridized carbons (Fsp3) is 0.286. The molecule has 0 aliphatic carbocycles. The van der Waals surface area contributed by atoms with Crippen LogP contribution >= 0.6 is 0 Å². The maximum absolute atomic E-state index is 11.3. The molecule has 0 aliphatic heterocycles. The van der Waals surface area contributed by atoms with Crippen LogP contribution in [-0.4, -0.2) is 10.1 Å². The van der Waals surface area contributed by atoms with E-state index in [2.05, 4.69) is 4.98 Å². The predicted octanol–water partition coefficient (Wildman–Crippen LogP) is 1.73. The van der Waals surface area contributed by atoms with Crippen LogP contribution in [0.3, 0.4) is 0 Å². The molecule has 0 spiro atoms. The van der Waals surface area contributed by atoms with Gasteiger partial charge < -0.3 is 10.3 Å². The molecule has 2 heterocycles. The molecule has 0 aromatic carbocycles. The van der Waals surface area contributed by atoms with Gasteiger partial charge in [0.2, 0.25) is 0 Å². The van der Waals surface area contributed by atoms with Crippen LogP contribution in [0.25, 0.3) is 0 Å². The van der Waals surface area contributed by atoms with E-state index in [1.54, 1.807) is 24.5 Å². The largest absolute Gasteiger partial charge is 0.619 e. The fourth-order valence-corrected chi connectivity index (χ4v) is 1.95. The highest BCUT2D eigenvalue weighted by atomic mass is 16.5. The molecule has 1 N–H and O–H groups in total. The molecule has 0 fully saturated rings. The normalized spacial score (nSPS) is 13.3. The van der Waals surface area contributed by atoms with E-state index in [1.165, 1.54) is 12.4 Å². The van der Waals surface area contributed by atoms with Crippen molar-refractivity contribution in [3.8, 4) is 0 Å². The molecule has 4 nitrogen and oxygen atoms in total. The molecule has 0 bridgehead atoms. The zero-order valence-corrected chi connectivity index (χ0v) is 10.4. The van der Waals surface area contributed by atoms with Crippen molar-refractivity contribution in [2.24, 2.45) is 0 Å². The van der Waals surface area contributed by atoms with Gasteiger partial charge in [-0.05, 0) is 17.7 Å². The summed E-state index contributed by atoms with van der Waals surface area (Å²) >= 11 is 0. The number of pyridine rings is 2. The SMILES string of the molecule is CC(C)(c1ccc[n+]([O-])c1)C(O)c1cccnc1. The van der Waals surface area contributed by atoms with Gasteiger partial charge >= 0.3 is 0 Å². The Labute approximate surface area is 106 Å². The Balaban J connectivity index is 2.36. The molecule has 1 atom stereocenters. The van der Waals surface area contributed by atoms with E-state index in [0.29, 0.717) is 0 Å². The molecule has 0 saturated heterocycles. The van der Waals surface area contributed by atoms with Crippen LogP contribution in [0.15, 0.2) is 49.1 Å². The first-order valence-electron chi connectivity index (χ1n) is 5.79. The van der Waals surface area contributed by atoms with Crippen LogP contribution in [-0.2, 0) is 5.41 Å². The second-order valence-corrected chi connectivity index (χ2v) is 4.86. The van der Waals surface area contributed by atoms with Crippen molar-refractivity contribution < 1.29 is 9.84 Å². The zero-order chi connectivity index (χ0) is 13.2. The van der Waals surface area contributed by atoms with Crippen molar-refractivity contribution in [3.63, 3.8) is 0 Å². The average Bonchev–Trinajstić information content (AvgIpc) is 2.39. The van der Waals surface area contributed by atoms with E-state index in [-0.39, 0.29) is 0 Å². The molecule has 0 amide bonds. The summed E-state index contributed by atoms with van der Waals surface area (Å²) < 4.78 is 0.743. The molecule has 0 aliphatic rings. The summed E-state index contributed by atoms with van der Waals surface area (Å²) in [6, 6.07) is 7.13. The summed E-state index contributed by atoms with van der Waals surface area (Å²) in [4.78, 5) is 4.00. The standard InChI is InChI=1S/C14H16N2O2/c1-14(2,12-6-4-8-16(18)10-12)13(17)11-5-3-7-15-9-11/h3-10,13,17H,1-2H3. The molecule has 0 radical (unpaired) electrons. The maximum atomic E-state index is 11.3. The highest BCUT2D eigenvalue weighted by Crippen LogP contribution is 2.35. The van der Waals surface area contributed by atoms with Crippen LogP contribution < -0.4 is 4.73 Å². The van der Waals surface area contributed by atoms with Gasteiger partial charge in [0.15, 0.2) is 12.4 Å². The van der Waals surface area contributed by atoms with E-state index in [1.807, 2.05) is 26.0 Å². The van der Waals surface area contributed by atoms with Crippen LogP contribution in [0.1, 0.15) is 31.1 Å².